The molecule has 2 unspecified atom stereocenters. The predicted molar refractivity (Wildman–Crippen MR) is 43.3 cm³/mol. The molecule has 0 heterocycles. The SMILES string of the molecule is CNC(C(C)C)C(N)C(=O)O. The van der Waals surface area contributed by atoms with Crippen LogP contribution in [0.5, 0.6) is 0 Å². The third-order valence-electron chi connectivity index (χ3n) is 1.72. The molecule has 0 radical (unpaired) electrons. The van der Waals surface area contributed by atoms with E-state index >= 15 is 0 Å². The molecule has 0 saturated heterocycles. The zero-order valence-corrected chi connectivity index (χ0v) is 7.16. The zero-order valence-electron chi connectivity index (χ0n) is 7.16. The first-order chi connectivity index (χ1) is 5.00. The monoisotopic (exact) mass is 160 g/mol. The van der Waals surface area contributed by atoms with Gasteiger partial charge in [0.05, 0.1) is 0 Å². The molecular formula is C7H16N2O2. The van der Waals surface area contributed by atoms with E-state index in [1.807, 2.05) is 13.8 Å². The third kappa shape index (κ3) is 2.86. The van der Waals surface area contributed by atoms with Gasteiger partial charge >= 0.3 is 5.97 Å². The number of likely N-dealkylation sites (N-methyl/N-ethyl adjacent to an activating group) is 1. The molecular weight excluding hydrogens is 144 g/mol. The summed E-state index contributed by atoms with van der Waals surface area (Å²) in [5, 5.41) is 11.4. The minimum Gasteiger partial charge on any atom is -0.480 e. The predicted octanol–water partition coefficient (Wildman–Crippen LogP) is -0.358. The fraction of sp³-hybridized carbons (Fsp3) is 0.857. The Morgan fingerprint density at radius 1 is 1.55 bits per heavy atom. The molecule has 2 atom stereocenters. The summed E-state index contributed by atoms with van der Waals surface area (Å²) in [6.45, 7) is 3.87. The normalized spacial score (nSPS) is 16.5. The maximum absolute atomic E-state index is 10.4. The third-order valence-corrected chi connectivity index (χ3v) is 1.72. The van der Waals surface area contributed by atoms with Crippen LogP contribution >= 0.6 is 0 Å². The maximum atomic E-state index is 10.4. The summed E-state index contributed by atoms with van der Waals surface area (Å²) in [7, 11) is 1.72. The summed E-state index contributed by atoms with van der Waals surface area (Å²) >= 11 is 0. The lowest BCUT2D eigenvalue weighted by atomic mass is 9.97. The van der Waals surface area contributed by atoms with Gasteiger partial charge in [-0.25, -0.2) is 0 Å². The lowest BCUT2D eigenvalue weighted by molar-refractivity contribution is -0.139. The Kier molecular flexibility index (Phi) is 4.07. The Labute approximate surface area is 66.8 Å². The Balaban J connectivity index is 4.13. The standard InChI is InChI=1S/C7H16N2O2/c1-4(2)6(9-3)5(8)7(10)11/h4-6,9H,8H2,1-3H3,(H,10,11). The number of aliphatic carboxylic acids is 1. The van der Waals surface area contributed by atoms with Gasteiger partial charge in [0.15, 0.2) is 0 Å². The number of carbonyl (C=O) groups is 1. The summed E-state index contributed by atoms with van der Waals surface area (Å²) in [6, 6.07) is -0.979. The fourth-order valence-electron chi connectivity index (χ4n) is 1.08. The van der Waals surface area contributed by atoms with E-state index in [-0.39, 0.29) is 12.0 Å². The maximum Gasteiger partial charge on any atom is 0.322 e. The van der Waals surface area contributed by atoms with Crippen molar-refractivity contribution in [3.05, 3.63) is 0 Å². The van der Waals surface area contributed by atoms with E-state index in [4.69, 9.17) is 10.8 Å². The van der Waals surface area contributed by atoms with Crippen LogP contribution in [0.25, 0.3) is 0 Å². The van der Waals surface area contributed by atoms with E-state index in [0.717, 1.165) is 0 Å². The molecule has 0 aliphatic carbocycles. The van der Waals surface area contributed by atoms with Gasteiger partial charge in [-0.15, -0.1) is 0 Å². The Morgan fingerprint density at radius 2 is 2.00 bits per heavy atom. The van der Waals surface area contributed by atoms with Gasteiger partial charge in [-0.05, 0) is 13.0 Å². The van der Waals surface area contributed by atoms with Crippen molar-refractivity contribution in [1.29, 1.82) is 0 Å². The molecule has 11 heavy (non-hydrogen) atoms. The first kappa shape index (κ1) is 10.4. The van der Waals surface area contributed by atoms with E-state index in [2.05, 4.69) is 5.32 Å². The van der Waals surface area contributed by atoms with Gasteiger partial charge in [-0.1, -0.05) is 13.8 Å². The van der Waals surface area contributed by atoms with Crippen molar-refractivity contribution in [3.63, 3.8) is 0 Å². The highest BCUT2D eigenvalue weighted by molar-refractivity contribution is 5.74. The molecule has 66 valence electrons. The molecule has 4 nitrogen and oxygen atoms in total. The van der Waals surface area contributed by atoms with Gasteiger partial charge < -0.3 is 16.2 Å². The molecule has 0 amide bonds. The Bertz CT molecular complexity index is 136. The van der Waals surface area contributed by atoms with E-state index in [0.29, 0.717) is 0 Å². The number of rotatable bonds is 4. The van der Waals surface area contributed by atoms with Crippen LogP contribution in [0.4, 0.5) is 0 Å². The van der Waals surface area contributed by atoms with Crippen LogP contribution in [0.2, 0.25) is 0 Å². The van der Waals surface area contributed by atoms with Crippen LogP contribution in [-0.2, 0) is 4.79 Å². The fourth-order valence-corrected chi connectivity index (χ4v) is 1.08. The van der Waals surface area contributed by atoms with Crippen molar-refractivity contribution in [1.82, 2.24) is 5.32 Å². The Morgan fingerprint density at radius 3 is 2.09 bits per heavy atom. The number of nitrogens with two attached hydrogens (primary N) is 1. The second kappa shape index (κ2) is 4.31. The second-order valence-corrected chi connectivity index (χ2v) is 2.92. The quantitative estimate of drug-likeness (QED) is 0.525. The smallest absolute Gasteiger partial charge is 0.322 e. The largest absolute Gasteiger partial charge is 0.480 e. The van der Waals surface area contributed by atoms with Gasteiger partial charge in [0.25, 0.3) is 0 Å². The highest BCUT2D eigenvalue weighted by Gasteiger charge is 2.24. The highest BCUT2D eigenvalue weighted by Crippen LogP contribution is 2.04. The van der Waals surface area contributed by atoms with Gasteiger partial charge in [-0.3, -0.25) is 4.79 Å². The van der Waals surface area contributed by atoms with E-state index in [1.54, 1.807) is 7.05 Å². The van der Waals surface area contributed by atoms with Crippen LogP contribution < -0.4 is 11.1 Å². The number of carboxylic acids is 1. The number of carboxylic acid groups (broad SMARTS) is 1. The molecule has 0 rings (SSSR count). The highest BCUT2D eigenvalue weighted by atomic mass is 16.4. The first-order valence-electron chi connectivity index (χ1n) is 3.66. The van der Waals surface area contributed by atoms with Crippen LogP contribution in [0.1, 0.15) is 13.8 Å². The van der Waals surface area contributed by atoms with E-state index in [1.165, 1.54) is 0 Å². The van der Waals surface area contributed by atoms with Crippen molar-refractivity contribution in [2.24, 2.45) is 11.7 Å². The molecule has 0 fully saturated rings. The van der Waals surface area contributed by atoms with Crippen LogP contribution in [0.3, 0.4) is 0 Å². The average Bonchev–Trinajstić information content (AvgIpc) is 1.88. The molecule has 0 spiro atoms. The van der Waals surface area contributed by atoms with E-state index in [9.17, 15) is 4.79 Å². The van der Waals surface area contributed by atoms with Crippen LogP contribution in [-0.4, -0.2) is 30.2 Å². The molecule has 0 aromatic carbocycles. The number of hydrogen-bond donors (Lipinski definition) is 3. The number of hydrogen-bond acceptors (Lipinski definition) is 3. The minimum atomic E-state index is -0.960. The molecule has 0 aliphatic heterocycles. The first-order valence-corrected chi connectivity index (χ1v) is 3.66. The Hall–Kier alpha value is -0.610. The average molecular weight is 160 g/mol. The molecule has 0 bridgehead atoms. The number of nitrogens with one attached hydrogen (secondary N) is 1. The molecule has 0 aliphatic rings. The van der Waals surface area contributed by atoms with Gasteiger partial charge in [0.2, 0.25) is 0 Å². The summed E-state index contributed by atoms with van der Waals surface area (Å²) in [5.74, 6) is -0.732. The van der Waals surface area contributed by atoms with Gasteiger partial charge in [-0.2, -0.15) is 0 Å². The van der Waals surface area contributed by atoms with Gasteiger partial charge in [0.1, 0.15) is 6.04 Å². The molecule has 4 N–H and O–H groups in total. The van der Waals surface area contributed by atoms with Gasteiger partial charge in [0, 0.05) is 6.04 Å². The van der Waals surface area contributed by atoms with Crippen LogP contribution in [0.15, 0.2) is 0 Å². The van der Waals surface area contributed by atoms with Crippen LogP contribution in [0, 0.1) is 5.92 Å². The minimum absolute atomic E-state index is 0.160. The molecule has 0 saturated carbocycles. The second-order valence-electron chi connectivity index (χ2n) is 2.92. The van der Waals surface area contributed by atoms with Crippen molar-refractivity contribution in [3.8, 4) is 0 Å². The van der Waals surface area contributed by atoms with Crippen molar-refractivity contribution < 1.29 is 9.90 Å². The summed E-state index contributed by atoms with van der Waals surface area (Å²) < 4.78 is 0. The molecule has 4 heteroatoms. The summed E-state index contributed by atoms with van der Waals surface area (Å²) in [6.07, 6.45) is 0. The molecule has 0 aromatic rings. The summed E-state index contributed by atoms with van der Waals surface area (Å²) in [4.78, 5) is 10.4. The van der Waals surface area contributed by atoms with Crippen molar-refractivity contribution >= 4 is 5.97 Å². The lowest BCUT2D eigenvalue weighted by Gasteiger charge is -2.23. The lowest BCUT2D eigenvalue weighted by Crippen LogP contribution is -2.51. The topological polar surface area (TPSA) is 75.3 Å². The summed E-state index contributed by atoms with van der Waals surface area (Å²) in [5.41, 5.74) is 5.41. The van der Waals surface area contributed by atoms with Crippen molar-refractivity contribution in [2.75, 3.05) is 7.05 Å². The van der Waals surface area contributed by atoms with E-state index < -0.39 is 12.0 Å². The van der Waals surface area contributed by atoms with Crippen molar-refractivity contribution in [2.45, 2.75) is 25.9 Å². The zero-order chi connectivity index (χ0) is 9.02. The molecule has 0 aromatic heterocycles.